The van der Waals surface area contributed by atoms with Gasteiger partial charge in [0.15, 0.2) is 0 Å². The van der Waals surface area contributed by atoms with Gasteiger partial charge < -0.3 is 10.3 Å². The van der Waals surface area contributed by atoms with Gasteiger partial charge in [0.1, 0.15) is 0 Å². The van der Waals surface area contributed by atoms with Gasteiger partial charge in [-0.15, -0.1) is 0 Å². The molecule has 5 nitrogen and oxygen atoms in total. The summed E-state index contributed by atoms with van der Waals surface area (Å²) in [5.41, 5.74) is 6.40. The standard InChI is InChI=1S/C14H25N3O2S/c1-11-5-3-4-6-12(11)9-16-20(18,19)14-7-13(8-15)17(2)10-14/h7,10-12,16H,3-6,8-9,15H2,1-2H3. The molecular formula is C14H25N3O2S. The zero-order valence-electron chi connectivity index (χ0n) is 12.3. The maximum Gasteiger partial charge on any atom is 0.242 e. The van der Waals surface area contributed by atoms with E-state index in [1.165, 1.54) is 19.3 Å². The van der Waals surface area contributed by atoms with E-state index in [-0.39, 0.29) is 0 Å². The summed E-state index contributed by atoms with van der Waals surface area (Å²) in [4.78, 5) is 0.309. The zero-order valence-corrected chi connectivity index (χ0v) is 13.1. The lowest BCUT2D eigenvalue weighted by molar-refractivity contribution is 0.257. The molecule has 1 fully saturated rings. The van der Waals surface area contributed by atoms with Crippen LogP contribution < -0.4 is 10.5 Å². The summed E-state index contributed by atoms with van der Waals surface area (Å²) in [7, 11) is -1.61. The fourth-order valence-electron chi connectivity index (χ4n) is 2.92. The minimum Gasteiger partial charge on any atom is -0.352 e. The van der Waals surface area contributed by atoms with Gasteiger partial charge in [-0.1, -0.05) is 26.2 Å². The number of nitrogens with two attached hydrogens (primary N) is 1. The Morgan fingerprint density at radius 1 is 1.40 bits per heavy atom. The van der Waals surface area contributed by atoms with Gasteiger partial charge in [-0.3, -0.25) is 0 Å². The van der Waals surface area contributed by atoms with Crippen LogP contribution in [0.1, 0.15) is 38.3 Å². The second kappa shape index (κ2) is 6.28. The first kappa shape index (κ1) is 15.5. The highest BCUT2D eigenvalue weighted by atomic mass is 32.2. The summed E-state index contributed by atoms with van der Waals surface area (Å²) in [5.74, 6) is 1.05. The summed E-state index contributed by atoms with van der Waals surface area (Å²) in [5, 5.41) is 0. The Hall–Kier alpha value is -0.850. The van der Waals surface area contributed by atoms with E-state index in [0.717, 1.165) is 12.1 Å². The van der Waals surface area contributed by atoms with E-state index in [9.17, 15) is 8.42 Å². The predicted molar refractivity (Wildman–Crippen MR) is 79.6 cm³/mol. The first-order chi connectivity index (χ1) is 9.44. The Kier molecular flexibility index (Phi) is 4.88. The Morgan fingerprint density at radius 3 is 2.70 bits per heavy atom. The Labute approximate surface area is 121 Å². The second-order valence-corrected chi connectivity index (χ2v) is 7.62. The van der Waals surface area contributed by atoms with Crippen molar-refractivity contribution in [3.63, 3.8) is 0 Å². The number of rotatable bonds is 5. The number of hydrogen-bond donors (Lipinski definition) is 2. The first-order valence-corrected chi connectivity index (χ1v) is 8.77. The van der Waals surface area contributed by atoms with Crippen LogP contribution in [0.2, 0.25) is 0 Å². The van der Waals surface area contributed by atoms with E-state index in [1.54, 1.807) is 16.8 Å². The maximum absolute atomic E-state index is 12.3. The summed E-state index contributed by atoms with van der Waals surface area (Å²) < 4.78 is 29.1. The van der Waals surface area contributed by atoms with Gasteiger partial charge in [0.25, 0.3) is 0 Å². The number of nitrogens with one attached hydrogen (secondary N) is 1. The van der Waals surface area contributed by atoms with Crippen molar-refractivity contribution in [3.05, 3.63) is 18.0 Å². The van der Waals surface area contributed by atoms with Crippen LogP contribution in [0.4, 0.5) is 0 Å². The molecule has 1 aliphatic carbocycles. The van der Waals surface area contributed by atoms with E-state index >= 15 is 0 Å². The number of sulfonamides is 1. The van der Waals surface area contributed by atoms with Gasteiger partial charge in [0, 0.05) is 32.0 Å². The van der Waals surface area contributed by atoms with E-state index in [0.29, 0.717) is 29.8 Å². The summed E-state index contributed by atoms with van der Waals surface area (Å²) in [6.45, 7) is 3.09. The summed E-state index contributed by atoms with van der Waals surface area (Å²) in [6, 6.07) is 1.65. The molecular weight excluding hydrogens is 274 g/mol. The molecule has 0 bridgehead atoms. The van der Waals surface area contributed by atoms with E-state index in [2.05, 4.69) is 11.6 Å². The van der Waals surface area contributed by atoms with Crippen LogP contribution in [0.5, 0.6) is 0 Å². The van der Waals surface area contributed by atoms with E-state index in [1.807, 2.05) is 7.05 Å². The van der Waals surface area contributed by atoms with Gasteiger partial charge in [0.05, 0.1) is 4.90 Å². The molecule has 3 N–H and O–H groups in total. The average Bonchev–Trinajstić information content (AvgIpc) is 2.80. The fraction of sp³-hybridized carbons (Fsp3) is 0.714. The molecule has 1 saturated carbocycles. The van der Waals surface area contributed by atoms with Crippen molar-refractivity contribution in [3.8, 4) is 0 Å². The number of aryl methyl sites for hydroxylation is 1. The Bertz CT molecular complexity index is 551. The number of nitrogens with zero attached hydrogens (tertiary/aromatic N) is 1. The quantitative estimate of drug-likeness (QED) is 0.866. The average molecular weight is 299 g/mol. The van der Waals surface area contributed by atoms with Crippen molar-refractivity contribution in [1.82, 2.24) is 9.29 Å². The molecule has 0 spiro atoms. The topological polar surface area (TPSA) is 77.1 Å². The van der Waals surface area contributed by atoms with Gasteiger partial charge in [-0.25, -0.2) is 13.1 Å². The molecule has 1 aromatic rings. The third-order valence-electron chi connectivity index (χ3n) is 4.43. The van der Waals surface area contributed by atoms with Crippen molar-refractivity contribution in [2.24, 2.45) is 24.6 Å². The number of aromatic nitrogens is 1. The molecule has 2 rings (SSSR count). The molecule has 0 amide bonds. The van der Waals surface area contributed by atoms with Crippen LogP contribution in [0.3, 0.4) is 0 Å². The van der Waals surface area contributed by atoms with Crippen LogP contribution in [-0.2, 0) is 23.6 Å². The molecule has 2 atom stereocenters. The zero-order chi connectivity index (χ0) is 14.8. The molecule has 1 aromatic heterocycles. The van der Waals surface area contributed by atoms with Crippen LogP contribution >= 0.6 is 0 Å². The molecule has 0 aromatic carbocycles. The molecule has 1 aliphatic rings. The normalized spacial score (nSPS) is 23.9. The lowest BCUT2D eigenvalue weighted by Crippen LogP contribution is -2.33. The maximum atomic E-state index is 12.3. The second-order valence-electron chi connectivity index (χ2n) is 5.86. The fourth-order valence-corrected chi connectivity index (χ4v) is 4.11. The molecule has 0 saturated heterocycles. The predicted octanol–water partition coefficient (Wildman–Crippen LogP) is 1.59. The molecule has 2 unspecified atom stereocenters. The van der Waals surface area contributed by atoms with Crippen molar-refractivity contribution in [2.45, 2.75) is 44.0 Å². The van der Waals surface area contributed by atoms with Crippen molar-refractivity contribution in [2.75, 3.05) is 6.54 Å². The van der Waals surface area contributed by atoms with Gasteiger partial charge in [-0.05, 0) is 24.3 Å². The minimum absolute atomic E-state index is 0.309. The third-order valence-corrected chi connectivity index (χ3v) is 5.82. The SMILES string of the molecule is CC1CCCCC1CNS(=O)(=O)c1cc(CN)n(C)c1. The summed E-state index contributed by atoms with van der Waals surface area (Å²) >= 11 is 0. The van der Waals surface area contributed by atoms with E-state index < -0.39 is 10.0 Å². The number of hydrogen-bond acceptors (Lipinski definition) is 3. The van der Waals surface area contributed by atoms with Crippen LogP contribution in [0.15, 0.2) is 17.2 Å². The molecule has 20 heavy (non-hydrogen) atoms. The summed E-state index contributed by atoms with van der Waals surface area (Å²) in [6.07, 6.45) is 6.42. The largest absolute Gasteiger partial charge is 0.352 e. The monoisotopic (exact) mass is 299 g/mol. The Balaban J connectivity index is 2.03. The van der Waals surface area contributed by atoms with Crippen LogP contribution in [0.25, 0.3) is 0 Å². The molecule has 0 aliphatic heterocycles. The lowest BCUT2D eigenvalue weighted by atomic mass is 9.81. The van der Waals surface area contributed by atoms with E-state index in [4.69, 9.17) is 5.73 Å². The van der Waals surface area contributed by atoms with Gasteiger partial charge >= 0.3 is 0 Å². The lowest BCUT2D eigenvalue weighted by Gasteiger charge is -2.28. The van der Waals surface area contributed by atoms with Crippen molar-refractivity contribution in [1.29, 1.82) is 0 Å². The van der Waals surface area contributed by atoms with Crippen molar-refractivity contribution < 1.29 is 8.42 Å². The minimum atomic E-state index is -3.42. The molecule has 0 radical (unpaired) electrons. The van der Waals surface area contributed by atoms with Gasteiger partial charge in [0.2, 0.25) is 10.0 Å². The smallest absolute Gasteiger partial charge is 0.242 e. The molecule has 6 heteroatoms. The highest BCUT2D eigenvalue weighted by Crippen LogP contribution is 2.29. The van der Waals surface area contributed by atoms with Crippen molar-refractivity contribution >= 4 is 10.0 Å². The first-order valence-electron chi connectivity index (χ1n) is 7.29. The Morgan fingerprint density at radius 2 is 2.10 bits per heavy atom. The highest BCUT2D eigenvalue weighted by molar-refractivity contribution is 7.89. The molecule has 114 valence electrons. The molecule has 1 heterocycles. The van der Waals surface area contributed by atoms with Gasteiger partial charge in [-0.2, -0.15) is 0 Å². The van der Waals surface area contributed by atoms with Crippen LogP contribution in [0, 0.1) is 11.8 Å². The third kappa shape index (κ3) is 3.42. The highest BCUT2D eigenvalue weighted by Gasteiger charge is 2.24. The van der Waals surface area contributed by atoms with Crippen LogP contribution in [-0.4, -0.2) is 19.5 Å².